The van der Waals surface area contributed by atoms with Gasteiger partial charge in [-0.2, -0.15) is 0 Å². The molecule has 80 valence electrons. The van der Waals surface area contributed by atoms with Gasteiger partial charge >= 0.3 is 0 Å². The molecule has 0 aliphatic carbocycles. The fourth-order valence-electron chi connectivity index (χ4n) is 0.855. The van der Waals surface area contributed by atoms with Gasteiger partial charge in [-0.25, -0.2) is 13.1 Å². The van der Waals surface area contributed by atoms with Gasteiger partial charge in [-0.05, 0) is 6.92 Å². The molecule has 0 aromatic carbocycles. The molecule has 0 bridgehead atoms. The van der Waals surface area contributed by atoms with Gasteiger partial charge in [0, 0.05) is 19.1 Å². The molecule has 1 unspecified atom stereocenters. The largest absolute Gasteiger partial charge is 0.313 e. The van der Waals surface area contributed by atoms with Crippen molar-refractivity contribution in [2.24, 2.45) is 0 Å². The van der Waals surface area contributed by atoms with Crippen LogP contribution in [0, 0.1) is 0 Å². The van der Waals surface area contributed by atoms with Crippen LogP contribution < -0.4 is 10.0 Å². The van der Waals surface area contributed by atoms with Crippen molar-refractivity contribution in [2.45, 2.75) is 39.0 Å². The van der Waals surface area contributed by atoms with Crippen LogP contribution in [0.2, 0.25) is 0 Å². The van der Waals surface area contributed by atoms with Crippen molar-refractivity contribution in [1.82, 2.24) is 10.0 Å². The fourth-order valence-corrected chi connectivity index (χ4v) is 1.86. The van der Waals surface area contributed by atoms with E-state index in [2.05, 4.69) is 10.0 Å². The molecule has 0 heterocycles. The van der Waals surface area contributed by atoms with Crippen molar-refractivity contribution in [1.29, 1.82) is 0 Å². The molecule has 0 saturated carbocycles. The minimum atomic E-state index is -3.12. The molecule has 2 N–H and O–H groups in total. The summed E-state index contributed by atoms with van der Waals surface area (Å²) >= 11 is 0. The third-order valence-electron chi connectivity index (χ3n) is 1.69. The Kier molecular flexibility index (Phi) is 5.51. The molecule has 0 aromatic heterocycles. The quantitative estimate of drug-likeness (QED) is 0.660. The molecular weight excluding hydrogens is 188 g/mol. The van der Waals surface area contributed by atoms with Crippen LogP contribution in [0.25, 0.3) is 0 Å². The van der Waals surface area contributed by atoms with Gasteiger partial charge in [0.2, 0.25) is 10.0 Å². The van der Waals surface area contributed by atoms with E-state index in [9.17, 15) is 8.42 Å². The third kappa shape index (κ3) is 5.23. The first-order valence-electron chi connectivity index (χ1n) is 4.62. The maximum Gasteiger partial charge on any atom is 0.215 e. The first-order valence-corrected chi connectivity index (χ1v) is 6.16. The lowest BCUT2D eigenvalue weighted by Crippen LogP contribution is -2.40. The maximum atomic E-state index is 11.4. The summed E-state index contributed by atoms with van der Waals surface area (Å²) in [7, 11) is -3.12. The van der Waals surface area contributed by atoms with Gasteiger partial charge < -0.3 is 5.32 Å². The van der Waals surface area contributed by atoms with E-state index < -0.39 is 10.0 Å². The summed E-state index contributed by atoms with van der Waals surface area (Å²) in [6.45, 7) is 8.41. The molecule has 0 amide bonds. The third-order valence-corrected chi connectivity index (χ3v) is 3.61. The van der Waals surface area contributed by atoms with E-state index in [0.717, 1.165) is 0 Å². The highest BCUT2D eigenvalue weighted by atomic mass is 32.2. The second-order valence-corrected chi connectivity index (χ2v) is 5.60. The summed E-state index contributed by atoms with van der Waals surface area (Å²) < 4.78 is 25.3. The van der Waals surface area contributed by atoms with Gasteiger partial charge in [-0.15, -0.1) is 0 Å². The van der Waals surface area contributed by atoms with Crippen molar-refractivity contribution in [2.75, 3.05) is 13.1 Å². The second kappa shape index (κ2) is 5.57. The fraction of sp³-hybridized carbons (Fsp3) is 1.00. The Morgan fingerprint density at radius 3 is 2.15 bits per heavy atom. The Morgan fingerprint density at radius 1 is 1.23 bits per heavy atom. The zero-order valence-electron chi connectivity index (χ0n) is 8.79. The molecule has 1 atom stereocenters. The van der Waals surface area contributed by atoms with E-state index in [4.69, 9.17) is 0 Å². The average molecular weight is 208 g/mol. The lowest BCUT2D eigenvalue weighted by atomic mass is 10.3. The first kappa shape index (κ1) is 12.9. The summed E-state index contributed by atoms with van der Waals surface area (Å²) in [5, 5.41) is 2.71. The van der Waals surface area contributed by atoms with E-state index in [1.165, 1.54) is 0 Å². The lowest BCUT2D eigenvalue weighted by molar-refractivity contribution is 0.542. The summed E-state index contributed by atoms with van der Waals surface area (Å²) in [4.78, 5) is 0. The van der Waals surface area contributed by atoms with Crippen LogP contribution in [0.15, 0.2) is 0 Å². The molecule has 0 aliphatic heterocycles. The van der Waals surface area contributed by atoms with Gasteiger partial charge in [-0.3, -0.25) is 0 Å². The van der Waals surface area contributed by atoms with Crippen LogP contribution >= 0.6 is 0 Å². The Hall–Kier alpha value is -0.130. The Morgan fingerprint density at radius 2 is 1.77 bits per heavy atom. The number of hydrogen-bond donors (Lipinski definition) is 2. The van der Waals surface area contributed by atoms with E-state index in [1.54, 1.807) is 13.8 Å². The van der Waals surface area contributed by atoms with Crippen LogP contribution in [-0.4, -0.2) is 32.8 Å². The molecular formula is C8H20N2O2S. The number of sulfonamides is 1. The topological polar surface area (TPSA) is 58.2 Å². The molecule has 5 heteroatoms. The summed E-state index contributed by atoms with van der Waals surface area (Å²) in [6.07, 6.45) is 0. The van der Waals surface area contributed by atoms with Gasteiger partial charge in [0.25, 0.3) is 0 Å². The number of nitrogens with one attached hydrogen (secondary N) is 2. The summed E-state index contributed by atoms with van der Waals surface area (Å²) in [6, 6.07) is 0.319. The summed E-state index contributed by atoms with van der Waals surface area (Å²) in [5.74, 6) is 0. The molecule has 13 heavy (non-hydrogen) atoms. The standard InChI is InChI=1S/C8H20N2O2S/c1-5-10-13(11,12)8(4)6-9-7(2)3/h7-10H,5-6H2,1-4H3. The first-order chi connectivity index (χ1) is 5.90. The maximum absolute atomic E-state index is 11.4. The van der Waals surface area contributed by atoms with E-state index in [0.29, 0.717) is 19.1 Å². The van der Waals surface area contributed by atoms with Crippen molar-refractivity contribution in [3.05, 3.63) is 0 Å². The minimum Gasteiger partial charge on any atom is -0.313 e. The van der Waals surface area contributed by atoms with Crippen LogP contribution in [-0.2, 0) is 10.0 Å². The highest BCUT2D eigenvalue weighted by molar-refractivity contribution is 7.90. The minimum absolute atomic E-state index is 0.319. The highest BCUT2D eigenvalue weighted by Gasteiger charge is 2.18. The highest BCUT2D eigenvalue weighted by Crippen LogP contribution is 1.96. The average Bonchev–Trinajstić information content (AvgIpc) is 1.99. The predicted molar refractivity (Wildman–Crippen MR) is 55.2 cm³/mol. The van der Waals surface area contributed by atoms with Crippen LogP contribution in [0.4, 0.5) is 0 Å². The molecule has 0 radical (unpaired) electrons. The monoisotopic (exact) mass is 208 g/mol. The Bertz CT molecular complexity index is 224. The zero-order valence-corrected chi connectivity index (χ0v) is 9.61. The zero-order chi connectivity index (χ0) is 10.5. The van der Waals surface area contributed by atoms with E-state index in [1.807, 2.05) is 13.8 Å². The lowest BCUT2D eigenvalue weighted by Gasteiger charge is -2.15. The van der Waals surface area contributed by atoms with E-state index >= 15 is 0 Å². The van der Waals surface area contributed by atoms with Gasteiger partial charge in [0.05, 0.1) is 5.25 Å². The van der Waals surface area contributed by atoms with Crippen molar-refractivity contribution < 1.29 is 8.42 Å². The SMILES string of the molecule is CCNS(=O)(=O)C(C)CNC(C)C. The van der Waals surface area contributed by atoms with Crippen molar-refractivity contribution >= 4 is 10.0 Å². The molecule has 0 aliphatic rings. The van der Waals surface area contributed by atoms with Crippen molar-refractivity contribution in [3.63, 3.8) is 0 Å². The number of rotatable bonds is 6. The van der Waals surface area contributed by atoms with Gasteiger partial charge in [0.1, 0.15) is 0 Å². The van der Waals surface area contributed by atoms with Crippen LogP contribution in [0.5, 0.6) is 0 Å². The summed E-state index contributed by atoms with van der Waals surface area (Å²) in [5.41, 5.74) is 0. The van der Waals surface area contributed by atoms with Gasteiger partial charge in [-0.1, -0.05) is 20.8 Å². The Balaban J connectivity index is 4.02. The second-order valence-electron chi connectivity index (χ2n) is 3.42. The molecule has 0 rings (SSSR count). The predicted octanol–water partition coefficient (Wildman–Crippen LogP) is 0.312. The van der Waals surface area contributed by atoms with Crippen LogP contribution in [0.1, 0.15) is 27.7 Å². The molecule has 0 aromatic rings. The van der Waals surface area contributed by atoms with Crippen LogP contribution in [0.3, 0.4) is 0 Å². The van der Waals surface area contributed by atoms with E-state index in [-0.39, 0.29) is 5.25 Å². The normalized spacial score (nSPS) is 14.8. The van der Waals surface area contributed by atoms with Crippen molar-refractivity contribution in [3.8, 4) is 0 Å². The molecule has 0 spiro atoms. The molecule has 4 nitrogen and oxygen atoms in total. The Labute approximate surface area is 81.2 Å². The smallest absolute Gasteiger partial charge is 0.215 e. The molecule has 0 saturated heterocycles. The molecule has 0 fully saturated rings. The van der Waals surface area contributed by atoms with Gasteiger partial charge in [0.15, 0.2) is 0 Å². The number of hydrogen-bond acceptors (Lipinski definition) is 3.